The molecule has 3 rings (SSSR count). The van der Waals surface area contributed by atoms with E-state index in [2.05, 4.69) is 5.32 Å². The molecule has 178 valence electrons. The van der Waals surface area contributed by atoms with E-state index in [9.17, 15) is 19.2 Å². The van der Waals surface area contributed by atoms with Gasteiger partial charge in [-0.25, -0.2) is 9.18 Å². The first-order valence-corrected chi connectivity index (χ1v) is 11.1. The Kier molecular flexibility index (Phi) is 8.36. The van der Waals surface area contributed by atoms with Crippen molar-refractivity contribution in [3.8, 4) is 17.6 Å². The minimum atomic E-state index is -0.676. The molecule has 6 nitrogen and oxygen atoms in total. The van der Waals surface area contributed by atoms with Gasteiger partial charge in [-0.3, -0.25) is 4.79 Å². The normalized spacial score (nSPS) is 10.9. The van der Waals surface area contributed by atoms with Gasteiger partial charge in [0, 0.05) is 5.69 Å². The number of hydrogen-bond donors (Lipinski definition) is 1. The lowest BCUT2D eigenvalue weighted by Gasteiger charge is -2.14. The molecule has 0 aliphatic carbocycles. The van der Waals surface area contributed by atoms with E-state index >= 15 is 0 Å². The summed E-state index contributed by atoms with van der Waals surface area (Å²) in [6.07, 6.45) is 2.92. The Balaban J connectivity index is 1.84. The smallest absolute Gasteiger partial charge is 0.343 e. The van der Waals surface area contributed by atoms with E-state index in [1.54, 1.807) is 12.1 Å². The van der Waals surface area contributed by atoms with E-state index in [0.717, 1.165) is 29.7 Å². The number of esters is 1. The standard InChI is InChI=1S/C28H25FN2O4/c1-4-19-7-6-8-20(5-2)26(19)31-27(32)22(17-30)15-18-9-14-24(25(16-18)34-3)35-28(33)21-10-12-23(29)13-11-21/h6-16H,4-5H2,1-3H3,(H,31,32). The van der Waals surface area contributed by atoms with Gasteiger partial charge in [-0.05, 0) is 72.0 Å². The number of nitriles is 1. The molecule has 0 aliphatic rings. The average Bonchev–Trinajstić information content (AvgIpc) is 2.88. The molecule has 0 bridgehead atoms. The number of aryl methyl sites for hydroxylation is 2. The second-order valence-electron chi connectivity index (χ2n) is 7.59. The number of para-hydroxylation sites is 1. The van der Waals surface area contributed by atoms with E-state index in [1.165, 1.54) is 43.5 Å². The predicted molar refractivity (Wildman–Crippen MR) is 132 cm³/mol. The molecule has 1 N–H and O–H groups in total. The second-order valence-corrected chi connectivity index (χ2v) is 7.59. The summed E-state index contributed by atoms with van der Waals surface area (Å²) in [7, 11) is 1.41. The molecule has 7 heteroatoms. The van der Waals surface area contributed by atoms with E-state index in [1.807, 2.05) is 38.1 Å². The third kappa shape index (κ3) is 6.12. The zero-order chi connectivity index (χ0) is 25.4. The fourth-order valence-corrected chi connectivity index (χ4v) is 3.50. The molecule has 0 fully saturated rings. The molecule has 0 aromatic heterocycles. The zero-order valence-corrected chi connectivity index (χ0v) is 19.7. The van der Waals surface area contributed by atoms with Crippen LogP contribution in [0.4, 0.5) is 10.1 Å². The predicted octanol–water partition coefficient (Wildman–Crippen LogP) is 5.72. The van der Waals surface area contributed by atoms with Crippen molar-refractivity contribution in [2.75, 3.05) is 12.4 Å². The molecule has 0 heterocycles. The number of nitrogens with zero attached hydrogens (tertiary/aromatic N) is 1. The van der Waals surface area contributed by atoms with E-state index in [0.29, 0.717) is 5.56 Å². The molecule has 0 aliphatic heterocycles. The number of carbonyl (C=O) groups excluding carboxylic acids is 2. The molecular weight excluding hydrogens is 447 g/mol. The maximum absolute atomic E-state index is 13.1. The van der Waals surface area contributed by atoms with Crippen LogP contribution in [-0.2, 0) is 17.6 Å². The van der Waals surface area contributed by atoms with Gasteiger partial charge in [-0.1, -0.05) is 38.1 Å². The zero-order valence-electron chi connectivity index (χ0n) is 19.7. The van der Waals surface area contributed by atoms with Crippen LogP contribution in [0, 0.1) is 17.1 Å². The number of ether oxygens (including phenoxy) is 2. The van der Waals surface area contributed by atoms with Gasteiger partial charge in [0.05, 0.1) is 12.7 Å². The maximum Gasteiger partial charge on any atom is 0.343 e. The SMILES string of the molecule is CCc1cccc(CC)c1NC(=O)C(C#N)=Cc1ccc(OC(=O)c2ccc(F)cc2)c(OC)c1. The Labute approximate surface area is 203 Å². The number of halogens is 1. The summed E-state index contributed by atoms with van der Waals surface area (Å²) in [5.74, 6) is -1.28. The molecular formula is C28H25FN2O4. The van der Waals surface area contributed by atoms with E-state index in [-0.39, 0.29) is 22.6 Å². The third-order valence-electron chi connectivity index (χ3n) is 5.38. The Bertz CT molecular complexity index is 1290. The summed E-state index contributed by atoms with van der Waals surface area (Å²) in [6.45, 7) is 4.00. The van der Waals surface area contributed by atoms with Gasteiger partial charge in [0.25, 0.3) is 5.91 Å². The molecule has 3 aromatic carbocycles. The molecule has 0 unspecified atom stereocenters. The third-order valence-corrected chi connectivity index (χ3v) is 5.38. The Morgan fingerprint density at radius 2 is 1.66 bits per heavy atom. The molecule has 0 atom stereocenters. The summed E-state index contributed by atoms with van der Waals surface area (Å²) in [6, 6.07) is 17.4. The van der Waals surface area contributed by atoms with Gasteiger partial charge in [0.1, 0.15) is 17.5 Å². The summed E-state index contributed by atoms with van der Waals surface area (Å²) in [5, 5.41) is 12.5. The lowest BCUT2D eigenvalue weighted by Crippen LogP contribution is -2.16. The number of amides is 1. The highest BCUT2D eigenvalue weighted by atomic mass is 19.1. The first-order chi connectivity index (χ1) is 16.9. The molecule has 35 heavy (non-hydrogen) atoms. The number of benzene rings is 3. The first-order valence-electron chi connectivity index (χ1n) is 11.1. The topological polar surface area (TPSA) is 88.4 Å². The number of methoxy groups -OCH3 is 1. The van der Waals surface area contributed by atoms with Crippen LogP contribution in [0.15, 0.2) is 66.2 Å². The average molecular weight is 473 g/mol. The second kappa shape index (κ2) is 11.6. The van der Waals surface area contributed by atoms with Crippen LogP contribution in [0.25, 0.3) is 6.08 Å². The van der Waals surface area contributed by atoms with Crippen LogP contribution in [0.5, 0.6) is 11.5 Å². The van der Waals surface area contributed by atoms with Gasteiger partial charge in [0.15, 0.2) is 11.5 Å². The highest BCUT2D eigenvalue weighted by molar-refractivity contribution is 6.10. The van der Waals surface area contributed by atoms with Gasteiger partial charge in [0.2, 0.25) is 0 Å². The molecule has 1 amide bonds. The quantitative estimate of drug-likeness (QED) is 0.196. The highest BCUT2D eigenvalue weighted by Crippen LogP contribution is 2.30. The van der Waals surface area contributed by atoms with Crippen LogP contribution >= 0.6 is 0 Å². The van der Waals surface area contributed by atoms with Gasteiger partial charge < -0.3 is 14.8 Å². The van der Waals surface area contributed by atoms with Gasteiger partial charge >= 0.3 is 5.97 Å². The van der Waals surface area contributed by atoms with Crippen molar-refractivity contribution in [1.29, 1.82) is 5.26 Å². The lowest BCUT2D eigenvalue weighted by atomic mass is 10.0. The van der Waals surface area contributed by atoms with Crippen LogP contribution < -0.4 is 14.8 Å². The maximum atomic E-state index is 13.1. The van der Waals surface area contributed by atoms with Crippen molar-refractivity contribution in [1.82, 2.24) is 0 Å². The monoisotopic (exact) mass is 472 g/mol. The molecule has 3 aromatic rings. The number of carbonyl (C=O) groups is 2. The van der Waals surface area contributed by atoms with Crippen molar-refractivity contribution >= 4 is 23.6 Å². The number of nitrogens with one attached hydrogen (secondary N) is 1. The van der Waals surface area contributed by atoms with Crippen LogP contribution in [0.1, 0.15) is 40.9 Å². The van der Waals surface area contributed by atoms with Crippen molar-refractivity contribution in [3.63, 3.8) is 0 Å². The minimum absolute atomic E-state index is 0.0870. The number of rotatable bonds is 8. The van der Waals surface area contributed by atoms with Crippen molar-refractivity contribution in [2.24, 2.45) is 0 Å². The largest absolute Gasteiger partial charge is 0.493 e. The summed E-state index contributed by atoms with van der Waals surface area (Å²) < 4.78 is 23.8. The van der Waals surface area contributed by atoms with E-state index < -0.39 is 17.7 Å². The lowest BCUT2D eigenvalue weighted by molar-refractivity contribution is -0.112. The van der Waals surface area contributed by atoms with Crippen molar-refractivity contribution in [2.45, 2.75) is 26.7 Å². The van der Waals surface area contributed by atoms with Gasteiger partial charge in [-0.2, -0.15) is 5.26 Å². The fraction of sp³-hybridized carbons (Fsp3) is 0.179. The first kappa shape index (κ1) is 25.2. The minimum Gasteiger partial charge on any atom is -0.493 e. The highest BCUT2D eigenvalue weighted by Gasteiger charge is 2.16. The van der Waals surface area contributed by atoms with E-state index in [4.69, 9.17) is 9.47 Å². The van der Waals surface area contributed by atoms with Crippen molar-refractivity contribution in [3.05, 3.63) is 94.3 Å². The number of anilines is 1. The van der Waals surface area contributed by atoms with Crippen LogP contribution in [0.3, 0.4) is 0 Å². The Morgan fingerprint density at radius 1 is 1.00 bits per heavy atom. The fourth-order valence-electron chi connectivity index (χ4n) is 3.50. The molecule has 0 spiro atoms. The van der Waals surface area contributed by atoms with Gasteiger partial charge in [-0.15, -0.1) is 0 Å². The van der Waals surface area contributed by atoms with Crippen LogP contribution in [0.2, 0.25) is 0 Å². The summed E-state index contributed by atoms with van der Waals surface area (Å²) >= 11 is 0. The molecule has 0 saturated carbocycles. The summed E-state index contributed by atoms with van der Waals surface area (Å²) in [4.78, 5) is 25.3. The van der Waals surface area contributed by atoms with Crippen molar-refractivity contribution < 1.29 is 23.5 Å². The Hall–Kier alpha value is -4.44. The number of hydrogen-bond acceptors (Lipinski definition) is 5. The molecule has 0 radical (unpaired) electrons. The summed E-state index contributed by atoms with van der Waals surface area (Å²) in [5.41, 5.74) is 3.31. The molecule has 0 saturated heterocycles. The Morgan fingerprint density at radius 3 is 2.23 bits per heavy atom. The van der Waals surface area contributed by atoms with Crippen LogP contribution in [-0.4, -0.2) is 19.0 Å².